The van der Waals surface area contributed by atoms with Gasteiger partial charge in [-0.3, -0.25) is 4.98 Å². The van der Waals surface area contributed by atoms with Crippen molar-refractivity contribution in [1.29, 1.82) is 0 Å². The number of aromatic nitrogens is 1. The maximum atomic E-state index is 5.56. The lowest BCUT2D eigenvalue weighted by Crippen LogP contribution is -2.44. The van der Waals surface area contributed by atoms with E-state index in [1.54, 1.807) is 13.3 Å². The second kappa shape index (κ2) is 4.59. The first kappa shape index (κ1) is 10.4. The smallest absolute Gasteiger partial charge is 0.0601 e. The lowest BCUT2D eigenvalue weighted by molar-refractivity contribution is 0.0169. The zero-order valence-electron chi connectivity index (χ0n) is 8.94. The molecule has 0 radical (unpaired) electrons. The van der Waals surface area contributed by atoms with Gasteiger partial charge in [-0.2, -0.15) is 0 Å². The normalized spacial score (nSPS) is 24.9. The number of anilines is 1. The van der Waals surface area contributed by atoms with E-state index >= 15 is 0 Å². The molecule has 0 atom stereocenters. The molecule has 82 valence electrons. The Balaban J connectivity index is 1.72. The van der Waals surface area contributed by atoms with Crippen LogP contribution >= 0.6 is 0 Å². The van der Waals surface area contributed by atoms with Gasteiger partial charge in [0, 0.05) is 19.7 Å². The number of nitrogen functional groups attached to an aromatic ring is 1. The van der Waals surface area contributed by atoms with Gasteiger partial charge < -0.3 is 15.8 Å². The van der Waals surface area contributed by atoms with Gasteiger partial charge in [0.05, 0.1) is 23.7 Å². The van der Waals surface area contributed by atoms with Crippen LogP contribution < -0.4 is 11.1 Å². The van der Waals surface area contributed by atoms with Gasteiger partial charge in [-0.15, -0.1) is 0 Å². The van der Waals surface area contributed by atoms with Crippen molar-refractivity contribution in [2.45, 2.75) is 31.5 Å². The van der Waals surface area contributed by atoms with E-state index < -0.39 is 0 Å². The number of hydrogen-bond donors (Lipinski definition) is 2. The van der Waals surface area contributed by atoms with E-state index in [2.05, 4.69) is 10.3 Å². The first-order chi connectivity index (χ1) is 7.28. The third kappa shape index (κ3) is 2.67. The molecule has 0 amide bonds. The highest BCUT2D eigenvalue weighted by Gasteiger charge is 2.28. The van der Waals surface area contributed by atoms with Crippen LogP contribution in [-0.2, 0) is 11.3 Å². The average molecular weight is 207 g/mol. The molecule has 1 aromatic rings. The number of hydrogen-bond acceptors (Lipinski definition) is 4. The molecule has 1 aliphatic carbocycles. The highest BCUT2D eigenvalue weighted by molar-refractivity contribution is 5.34. The van der Waals surface area contributed by atoms with Crippen molar-refractivity contribution < 1.29 is 4.74 Å². The number of pyridine rings is 1. The molecule has 1 saturated carbocycles. The summed E-state index contributed by atoms with van der Waals surface area (Å²) < 4.78 is 5.21. The van der Waals surface area contributed by atoms with Crippen LogP contribution in [0, 0.1) is 0 Å². The van der Waals surface area contributed by atoms with E-state index in [9.17, 15) is 0 Å². The maximum absolute atomic E-state index is 5.56. The lowest BCUT2D eigenvalue weighted by atomic mass is 9.89. The molecule has 2 rings (SSSR count). The van der Waals surface area contributed by atoms with E-state index in [0.717, 1.165) is 25.1 Å². The van der Waals surface area contributed by atoms with Crippen LogP contribution in [0.3, 0.4) is 0 Å². The molecule has 4 nitrogen and oxygen atoms in total. The molecule has 1 aliphatic rings. The van der Waals surface area contributed by atoms with Crippen LogP contribution in [0.15, 0.2) is 18.3 Å². The molecule has 0 bridgehead atoms. The molecule has 3 N–H and O–H groups in total. The van der Waals surface area contributed by atoms with Crippen molar-refractivity contribution in [3.8, 4) is 0 Å². The fourth-order valence-electron chi connectivity index (χ4n) is 1.71. The van der Waals surface area contributed by atoms with E-state index in [0.29, 0.717) is 17.8 Å². The van der Waals surface area contributed by atoms with Crippen molar-refractivity contribution in [3.63, 3.8) is 0 Å². The van der Waals surface area contributed by atoms with E-state index in [-0.39, 0.29) is 0 Å². The van der Waals surface area contributed by atoms with E-state index in [1.165, 1.54) is 0 Å². The third-order valence-corrected chi connectivity index (χ3v) is 2.85. The summed E-state index contributed by atoms with van der Waals surface area (Å²) in [7, 11) is 1.77. The largest absolute Gasteiger partial charge is 0.397 e. The fourth-order valence-corrected chi connectivity index (χ4v) is 1.71. The van der Waals surface area contributed by atoms with Crippen molar-refractivity contribution in [2.24, 2.45) is 0 Å². The summed E-state index contributed by atoms with van der Waals surface area (Å²) in [6, 6.07) is 4.41. The van der Waals surface area contributed by atoms with E-state index in [1.807, 2.05) is 12.1 Å². The van der Waals surface area contributed by atoms with Crippen LogP contribution in [0.25, 0.3) is 0 Å². The average Bonchev–Trinajstić information content (AvgIpc) is 2.19. The second-order valence-corrected chi connectivity index (χ2v) is 3.99. The van der Waals surface area contributed by atoms with Crippen LogP contribution in [0.2, 0.25) is 0 Å². The Labute approximate surface area is 89.8 Å². The van der Waals surface area contributed by atoms with Crippen molar-refractivity contribution in [3.05, 3.63) is 24.0 Å². The molecule has 0 aromatic carbocycles. The van der Waals surface area contributed by atoms with Gasteiger partial charge in [-0.05, 0) is 25.0 Å². The number of nitrogens with one attached hydrogen (secondary N) is 1. The molecular formula is C11H17N3O. The maximum Gasteiger partial charge on any atom is 0.0601 e. The molecule has 15 heavy (non-hydrogen) atoms. The minimum atomic E-state index is 0.446. The van der Waals surface area contributed by atoms with Gasteiger partial charge in [0.15, 0.2) is 0 Å². The second-order valence-electron chi connectivity index (χ2n) is 3.99. The fraction of sp³-hybridized carbons (Fsp3) is 0.545. The zero-order valence-corrected chi connectivity index (χ0v) is 8.94. The first-order valence-electron chi connectivity index (χ1n) is 5.24. The molecule has 4 heteroatoms. The Morgan fingerprint density at radius 2 is 2.33 bits per heavy atom. The molecule has 0 spiro atoms. The third-order valence-electron chi connectivity index (χ3n) is 2.85. The summed E-state index contributed by atoms with van der Waals surface area (Å²) >= 11 is 0. The Kier molecular flexibility index (Phi) is 3.18. The number of ether oxygens (including phenoxy) is 1. The van der Waals surface area contributed by atoms with Gasteiger partial charge >= 0.3 is 0 Å². The predicted molar refractivity (Wildman–Crippen MR) is 59.3 cm³/mol. The van der Waals surface area contributed by atoms with Crippen LogP contribution in [0.5, 0.6) is 0 Å². The number of nitrogens with two attached hydrogens (primary N) is 1. The summed E-state index contributed by atoms with van der Waals surface area (Å²) in [6.07, 6.45) is 4.34. The Hall–Kier alpha value is -1.13. The summed E-state index contributed by atoms with van der Waals surface area (Å²) in [5.74, 6) is 0. The van der Waals surface area contributed by atoms with Gasteiger partial charge in [-0.25, -0.2) is 0 Å². The zero-order chi connectivity index (χ0) is 10.7. The van der Waals surface area contributed by atoms with Gasteiger partial charge in [0.25, 0.3) is 0 Å². The number of nitrogens with zero attached hydrogens (tertiary/aromatic N) is 1. The summed E-state index contributed by atoms with van der Waals surface area (Å²) in [5, 5.41) is 3.44. The number of rotatable bonds is 4. The van der Waals surface area contributed by atoms with Gasteiger partial charge in [0.1, 0.15) is 0 Å². The topological polar surface area (TPSA) is 60.2 Å². The monoisotopic (exact) mass is 207 g/mol. The van der Waals surface area contributed by atoms with Gasteiger partial charge in [0.2, 0.25) is 0 Å². The Bertz CT molecular complexity index is 306. The molecule has 1 heterocycles. The predicted octanol–water partition coefficient (Wildman–Crippen LogP) is 0.931. The van der Waals surface area contributed by atoms with E-state index in [4.69, 9.17) is 10.5 Å². The lowest BCUT2D eigenvalue weighted by Gasteiger charge is -2.34. The highest BCUT2D eigenvalue weighted by atomic mass is 16.5. The molecule has 1 aromatic heterocycles. The molecule has 0 unspecified atom stereocenters. The molecule has 0 aliphatic heterocycles. The summed E-state index contributed by atoms with van der Waals surface area (Å²) in [5.41, 5.74) is 7.30. The molecule has 1 fully saturated rings. The van der Waals surface area contributed by atoms with Gasteiger partial charge in [-0.1, -0.05) is 0 Å². The highest BCUT2D eigenvalue weighted by Crippen LogP contribution is 2.22. The SMILES string of the molecule is COC1CC(NCc2ccc(N)cn2)C1. The quantitative estimate of drug-likeness (QED) is 0.771. The number of methoxy groups -OCH3 is 1. The minimum Gasteiger partial charge on any atom is -0.397 e. The Morgan fingerprint density at radius 1 is 1.53 bits per heavy atom. The standard InChI is InChI=1S/C11H17N3O/c1-15-11-4-10(5-11)14-7-9-3-2-8(12)6-13-9/h2-3,6,10-11,14H,4-5,7,12H2,1H3. The Morgan fingerprint density at radius 3 is 2.93 bits per heavy atom. The summed E-state index contributed by atoms with van der Waals surface area (Å²) in [6.45, 7) is 0.807. The van der Waals surface area contributed by atoms with Crippen LogP contribution in [-0.4, -0.2) is 24.2 Å². The van der Waals surface area contributed by atoms with Crippen LogP contribution in [0.1, 0.15) is 18.5 Å². The van der Waals surface area contributed by atoms with Crippen LogP contribution in [0.4, 0.5) is 5.69 Å². The summed E-state index contributed by atoms with van der Waals surface area (Å²) in [4.78, 5) is 4.23. The molecule has 0 saturated heterocycles. The first-order valence-corrected chi connectivity index (χ1v) is 5.24. The van der Waals surface area contributed by atoms with Crippen molar-refractivity contribution >= 4 is 5.69 Å². The minimum absolute atomic E-state index is 0.446. The molecular weight excluding hydrogens is 190 g/mol. The van der Waals surface area contributed by atoms with Crippen molar-refractivity contribution in [1.82, 2.24) is 10.3 Å². The van der Waals surface area contributed by atoms with Crippen molar-refractivity contribution in [2.75, 3.05) is 12.8 Å².